The van der Waals surface area contributed by atoms with Crippen LogP contribution in [0.2, 0.25) is 5.02 Å². The van der Waals surface area contributed by atoms with Crippen LogP contribution in [0.4, 0.5) is 0 Å². The minimum absolute atomic E-state index is 0.360. The molecule has 0 radical (unpaired) electrons. The Kier molecular flexibility index (Phi) is 3.54. The number of aliphatic hydroxyl groups is 1. The molecule has 1 aromatic rings. The van der Waals surface area contributed by atoms with E-state index >= 15 is 0 Å². The summed E-state index contributed by atoms with van der Waals surface area (Å²) in [6.07, 6.45) is -0.629. The summed E-state index contributed by atoms with van der Waals surface area (Å²) in [6, 6.07) is 4.99. The van der Waals surface area contributed by atoms with Crippen molar-refractivity contribution in [2.45, 2.75) is 25.6 Å². The first-order valence-electron chi connectivity index (χ1n) is 5.38. The van der Waals surface area contributed by atoms with Crippen molar-refractivity contribution >= 4 is 17.6 Å². The average Bonchev–Trinajstić information content (AvgIpc) is 2.67. The molecule has 2 rings (SSSR count). The lowest BCUT2D eigenvalue weighted by molar-refractivity contribution is -0.143. The summed E-state index contributed by atoms with van der Waals surface area (Å²) < 4.78 is 10.3. The number of hydrogen-bond acceptors (Lipinski definition) is 4. The molecule has 4 nitrogen and oxygen atoms in total. The van der Waals surface area contributed by atoms with Gasteiger partial charge in [0.25, 0.3) is 0 Å². The molecule has 0 aromatic heterocycles. The van der Waals surface area contributed by atoms with E-state index in [-0.39, 0.29) is 5.97 Å². The minimum atomic E-state index is -0.585. The quantitative estimate of drug-likeness (QED) is 0.842. The number of hydrogen-bond donors (Lipinski definition) is 1. The van der Waals surface area contributed by atoms with E-state index in [1.807, 2.05) is 0 Å². The van der Waals surface area contributed by atoms with Crippen molar-refractivity contribution in [2.24, 2.45) is 0 Å². The molecule has 0 aliphatic carbocycles. The summed E-state index contributed by atoms with van der Waals surface area (Å²) in [7, 11) is 0. The van der Waals surface area contributed by atoms with E-state index in [9.17, 15) is 9.90 Å². The zero-order valence-electron chi connectivity index (χ0n) is 9.35. The van der Waals surface area contributed by atoms with E-state index in [0.717, 1.165) is 0 Å². The molecule has 1 fully saturated rings. The first-order chi connectivity index (χ1) is 8.08. The Labute approximate surface area is 104 Å². The highest BCUT2D eigenvalue weighted by molar-refractivity contribution is 6.32. The third-order valence-electron chi connectivity index (χ3n) is 2.59. The molecule has 1 aliphatic rings. The summed E-state index contributed by atoms with van der Waals surface area (Å²) in [5, 5.41) is 9.77. The van der Waals surface area contributed by atoms with Gasteiger partial charge < -0.3 is 14.6 Å². The van der Waals surface area contributed by atoms with Gasteiger partial charge in [0.2, 0.25) is 0 Å². The van der Waals surface area contributed by atoms with E-state index < -0.39 is 12.2 Å². The molecule has 1 N–H and O–H groups in total. The molecule has 5 heteroatoms. The monoisotopic (exact) mass is 256 g/mol. The first kappa shape index (κ1) is 12.2. The second kappa shape index (κ2) is 4.94. The van der Waals surface area contributed by atoms with Crippen LogP contribution in [-0.2, 0) is 9.53 Å². The van der Waals surface area contributed by atoms with E-state index in [2.05, 4.69) is 0 Å². The van der Waals surface area contributed by atoms with Crippen molar-refractivity contribution in [3.8, 4) is 5.75 Å². The fourth-order valence-corrected chi connectivity index (χ4v) is 1.84. The van der Waals surface area contributed by atoms with Crippen LogP contribution in [0.1, 0.15) is 25.0 Å². The summed E-state index contributed by atoms with van der Waals surface area (Å²) in [6.45, 7) is 2.04. The van der Waals surface area contributed by atoms with Crippen LogP contribution in [0.25, 0.3) is 0 Å². The molecule has 17 heavy (non-hydrogen) atoms. The smallest absolute Gasteiger partial charge is 0.347 e. The molecule has 1 aliphatic heterocycles. The number of benzene rings is 1. The van der Waals surface area contributed by atoms with Gasteiger partial charge in [-0.2, -0.15) is 0 Å². The second-order valence-electron chi connectivity index (χ2n) is 3.93. The number of carbonyl (C=O) groups is 1. The summed E-state index contributed by atoms with van der Waals surface area (Å²) >= 11 is 6.01. The van der Waals surface area contributed by atoms with Crippen molar-refractivity contribution in [1.29, 1.82) is 0 Å². The Morgan fingerprint density at radius 2 is 2.35 bits per heavy atom. The number of carbonyl (C=O) groups excluding carboxylic acids is 1. The normalized spacial score (nSPS) is 21.1. The van der Waals surface area contributed by atoms with E-state index in [1.165, 1.54) is 0 Å². The Morgan fingerprint density at radius 3 is 2.88 bits per heavy atom. The highest BCUT2D eigenvalue weighted by Crippen LogP contribution is 2.29. The summed E-state index contributed by atoms with van der Waals surface area (Å²) in [4.78, 5) is 11.2. The second-order valence-corrected chi connectivity index (χ2v) is 4.34. The lowest BCUT2D eigenvalue weighted by atomic mass is 10.1. The van der Waals surface area contributed by atoms with Crippen LogP contribution in [0.5, 0.6) is 5.75 Å². The molecule has 0 bridgehead atoms. The number of cyclic esters (lactones) is 1. The van der Waals surface area contributed by atoms with Gasteiger partial charge in [-0.15, -0.1) is 0 Å². The third-order valence-corrected chi connectivity index (χ3v) is 2.89. The van der Waals surface area contributed by atoms with Gasteiger partial charge in [-0.05, 0) is 24.6 Å². The van der Waals surface area contributed by atoms with Gasteiger partial charge in [0.15, 0.2) is 6.10 Å². The molecular weight excluding hydrogens is 244 g/mol. The van der Waals surface area contributed by atoms with Gasteiger partial charge in [0, 0.05) is 6.42 Å². The number of halogens is 1. The standard InChI is InChI=1S/C12H13ClO4/c1-7(14)8-2-3-10(9(13)6-8)17-11-4-5-16-12(11)15/h2-3,6-7,11,14H,4-5H2,1H3/t7-,11?/m0/s1. The molecule has 0 spiro atoms. The first-order valence-corrected chi connectivity index (χ1v) is 5.76. The van der Waals surface area contributed by atoms with Crippen molar-refractivity contribution < 1.29 is 19.4 Å². The van der Waals surface area contributed by atoms with E-state index in [1.54, 1.807) is 25.1 Å². The Bertz CT molecular complexity index is 431. The van der Waals surface area contributed by atoms with Crippen LogP contribution in [-0.4, -0.2) is 23.8 Å². The maximum atomic E-state index is 11.2. The van der Waals surface area contributed by atoms with Crippen molar-refractivity contribution in [3.05, 3.63) is 28.8 Å². The summed E-state index contributed by atoms with van der Waals surface area (Å²) in [5.74, 6) is 0.0700. The Hall–Kier alpha value is -1.26. The molecule has 1 heterocycles. The minimum Gasteiger partial charge on any atom is -0.477 e. The largest absolute Gasteiger partial charge is 0.477 e. The SMILES string of the molecule is C[C@H](O)c1ccc(OC2CCOC2=O)c(Cl)c1. The Morgan fingerprint density at radius 1 is 1.59 bits per heavy atom. The number of esters is 1. The zero-order chi connectivity index (χ0) is 12.4. The maximum Gasteiger partial charge on any atom is 0.347 e. The summed E-state index contributed by atoms with van der Waals surface area (Å²) in [5.41, 5.74) is 0.705. The van der Waals surface area contributed by atoms with Crippen molar-refractivity contribution in [3.63, 3.8) is 0 Å². The lowest BCUT2D eigenvalue weighted by Crippen LogP contribution is -2.21. The van der Waals surface area contributed by atoms with Gasteiger partial charge in [-0.25, -0.2) is 4.79 Å². The van der Waals surface area contributed by atoms with Gasteiger partial charge in [-0.1, -0.05) is 17.7 Å². The zero-order valence-corrected chi connectivity index (χ0v) is 10.1. The number of aliphatic hydroxyl groups excluding tert-OH is 1. The molecule has 2 atom stereocenters. The molecule has 1 unspecified atom stereocenters. The van der Waals surface area contributed by atoms with Crippen LogP contribution in [0, 0.1) is 0 Å². The van der Waals surface area contributed by atoms with Crippen LogP contribution in [0.15, 0.2) is 18.2 Å². The van der Waals surface area contributed by atoms with Crippen molar-refractivity contribution in [2.75, 3.05) is 6.61 Å². The maximum absolute atomic E-state index is 11.2. The van der Waals surface area contributed by atoms with Gasteiger partial charge in [-0.3, -0.25) is 0 Å². The molecule has 1 saturated heterocycles. The van der Waals surface area contributed by atoms with Crippen LogP contribution < -0.4 is 4.74 Å². The highest BCUT2D eigenvalue weighted by Gasteiger charge is 2.28. The number of ether oxygens (including phenoxy) is 2. The highest BCUT2D eigenvalue weighted by atomic mass is 35.5. The van der Waals surface area contributed by atoms with Gasteiger partial charge >= 0.3 is 5.97 Å². The van der Waals surface area contributed by atoms with Crippen LogP contribution >= 0.6 is 11.6 Å². The lowest BCUT2D eigenvalue weighted by Gasteiger charge is -2.13. The fourth-order valence-electron chi connectivity index (χ4n) is 1.61. The predicted octanol–water partition coefficient (Wildman–Crippen LogP) is 2.09. The van der Waals surface area contributed by atoms with Crippen LogP contribution in [0.3, 0.4) is 0 Å². The van der Waals surface area contributed by atoms with E-state index in [0.29, 0.717) is 29.4 Å². The topological polar surface area (TPSA) is 55.8 Å². The Balaban J connectivity index is 2.14. The third kappa shape index (κ3) is 2.70. The fraction of sp³-hybridized carbons (Fsp3) is 0.417. The van der Waals surface area contributed by atoms with Gasteiger partial charge in [0.1, 0.15) is 5.75 Å². The average molecular weight is 257 g/mol. The molecular formula is C12H13ClO4. The number of rotatable bonds is 3. The molecule has 1 aromatic carbocycles. The van der Waals surface area contributed by atoms with E-state index in [4.69, 9.17) is 21.1 Å². The predicted molar refractivity (Wildman–Crippen MR) is 62.1 cm³/mol. The molecule has 92 valence electrons. The molecule has 0 amide bonds. The van der Waals surface area contributed by atoms with Crippen molar-refractivity contribution in [1.82, 2.24) is 0 Å². The van der Waals surface area contributed by atoms with Gasteiger partial charge in [0.05, 0.1) is 17.7 Å². The molecule has 0 saturated carbocycles.